The SMILES string of the molecule is C=C(CC(C)=O)C(=O)OC[C@@]1(C)CCC[C@@]2(C)C3CCC(C(C)C)CC3CCC12. The Labute approximate surface area is 178 Å². The van der Waals surface area contributed by atoms with Crippen molar-refractivity contribution in [2.45, 2.75) is 92.4 Å². The van der Waals surface area contributed by atoms with E-state index in [1.54, 1.807) is 0 Å². The van der Waals surface area contributed by atoms with E-state index in [2.05, 4.69) is 34.3 Å². The van der Waals surface area contributed by atoms with Crippen molar-refractivity contribution in [1.82, 2.24) is 0 Å². The van der Waals surface area contributed by atoms with Crippen LogP contribution in [0.15, 0.2) is 12.2 Å². The zero-order valence-corrected chi connectivity index (χ0v) is 19.4. The van der Waals surface area contributed by atoms with Crippen LogP contribution in [0.2, 0.25) is 0 Å². The molecule has 0 amide bonds. The third-order valence-electron chi connectivity index (χ3n) is 9.02. The maximum atomic E-state index is 12.4. The number of esters is 1. The summed E-state index contributed by atoms with van der Waals surface area (Å²) in [5.41, 5.74) is 0.704. The highest BCUT2D eigenvalue weighted by Crippen LogP contribution is 2.64. The average molecular weight is 403 g/mol. The molecule has 0 aromatic heterocycles. The van der Waals surface area contributed by atoms with Gasteiger partial charge in [0, 0.05) is 17.4 Å². The fraction of sp³-hybridized carbons (Fsp3) is 0.846. The number of rotatable bonds is 6. The highest BCUT2D eigenvalue weighted by molar-refractivity contribution is 5.94. The quantitative estimate of drug-likeness (QED) is 0.383. The number of ketones is 1. The largest absolute Gasteiger partial charge is 0.462 e. The second kappa shape index (κ2) is 8.55. The number of fused-ring (bicyclic) bond motifs is 3. The molecule has 4 unspecified atom stereocenters. The van der Waals surface area contributed by atoms with Crippen LogP contribution in [0.3, 0.4) is 0 Å². The van der Waals surface area contributed by atoms with Crippen LogP contribution < -0.4 is 0 Å². The molecule has 0 aromatic carbocycles. The first kappa shape index (κ1) is 22.6. The molecule has 29 heavy (non-hydrogen) atoms. The minimum atomic E-state index is -0.389. The van der Waals surface area contributed by atoms with Crippen molar-refractivity contribution in [3.05, 3.63) is 12.2 Å². The molecule has 3 heteroatoms. The first-order valence-corrected chi connectivity index (χ1v) is 11.9. The summed E-state index contributed by atoms with van der Waals surface area (Å²) in [5, 5.41) is 0. The van der Waals surface area contributed by atoms with E-state index < -0.39 is 0 Å². The van der Waals surface area contributed by atoms with Gasteiger partial charge < -0.3 is 4.74 Å². The number of Topliss-reactive ketones (excluding diaryl/α,β-unsaturated/α-hetero) is 1. The number of carbonyl (C=O) groups excluding carboxylic acids is 2. The lowest BCUT2D eigenvalue weighted by Crippen LogP contribution is -2.55. The van der Waals surface area contributed by atoms with Gasteiger partial charge in [0.2, 0.25) is 0 Å². The molecule has 0 spiro atoms. The summed E-state index contributed by atoms with van der Waals surface area (Å²) in [6, 6.07) is 0. The van der Waals surface area contributed by atoms with Crippen LogP contribution in [0.25, 0.3) is 0 Å². The van der Waals surface area contributed by atoms with Crippen LogP contribution in [-0.4, -0.2) is 18.4 Å². The van der Waals surface area contributed by atoms with Gasteiger partial charge in [-0.2, -0.15) is 0 Å². The van der Waals surface area contributed by atoms with E-state index in [-0.39, 0.29) is 29.2 Å². The molecule has 3 aliphatic carbocycles. The minimum Gasteiger partial charge on any atom is -0.462 e. The molecule has 0 N–H and O–H groups in total. The van der Waals surface area contributed by atoms with Gasteiger partial charge >= 0.3 is 5.97 Å². The molecule has 6 atom stereocenters. The Balaban J connectivity index is 1.69. The molecular formula is C26H42O3. The van der Waals surface area contributed by atoms with Gasteiger partial charge in [-0.15, -0.1) is 0 Å². The minimum absolute atomic E-state index is 0.0407. The third kappa shape index (κ3) is 4.49. The lowest BCUT2D eigenvalue weighted by molar-refractivity contribution is -0.160. The van der Waals surface area contributed by atoms with Gasteiger partial charge in [-0.3, -0.25) is 4.79 Å². The van der Waals surface area contributed by atoms with Gasteiger partial charge in [0.1, 0.15) is 5.78 Å². The number of carbonyl (C=O) groups is 2. The van der Waals surface area contributed by atoms with Gasteiger partial charge in [0.25, 0.3) is 0 Å². The summed E-state index contributed by atoms with van der Waals surface area (Å²) in [4.78, 5) is 23.6. The molecule has 3 aliphatic rings. The van der Waals surface area contributed by atoms with Crippen LogP contribution in [-0.2, 0) is 14.3 Å². The summed E-state index contributed by atoms with van der Waals surface area (Å²) >= 11 is 0. The maximum Gasteiger partial charge on any atom is 0.333 e. The van der Waals surface area contributed by atoms with Crippen LogP contribution in [0.4, 0.5) is 0 Å². The molecule has 3 fully saturated rings. The molecule has 0 aliphatic heterocycles. The van der Waals surface area contributed by atoms with E-state index in [0.717, 1.165) is 30.1 Å². The fourth-order valence-corrected chi connectivity index (χ4v) is 7.49. The normalized spacial score (nSPS) is 39.4. The van der Waals surface area contributed by atoms with Crippen molar-refractivity contribution in [3.63, 3.8) is 0 Å². The maximum absolute atomic E-state index is 12.4. The summed E-state index contributed by atoms with van der Waals surface area (Å²) in [5.74, 6) is 3.62. The molecular weight excluding hydrogens is 360 g/mol. The van der Waals surface area contributed by atoms with E-state index in [1.165, 1.54) is 51.9 Å². The first-order valence-electron chi connectivity index (χ1n) is 11.9. The van der Waals surface area contributed by atoms with Crippen molar-refractivity contribution < 1.29 is 14.3 Å². The zero-order valence-electron chi connectivity index (χ0n) is 19.4. The Hall–Kier alpha value is -1.12. The molecule has 0 radical (unpaired) electrons. The summed E-state index contributed by atoms with van der Waals surface area (Å²) in [6.45, 7) is 15.4. The molecule has 0 aromatic rings. The van der Waals surface area contributed by atoms with Gasteiger partial charge in [0.15, 0.2) is 0 Å². The van der Waals surface area contributed by atoms with E-state index in [0.29, 0.717) is 17.9 Å². The standard InChI is InChI=1S/C26H42O3/c1-17(2)20-8-10-22-21(15-20)9-11-23-25(5,12-7-13-26(22,23)6)16-29-24(28)18(3)14-19(4)27/h17,20-23H,3,7-16H2,1-2,4-6H3/t20?,21?,22?,23?,25-,26+/m1/s1. The van der Waals surface area contributed by atoms with Crippen LogP contribution in [0, 0.1) is 40.4 Å². The number of hydrogen-bond acceptors (Lipinski definition) is 3. The molecule has 0 saturated heterocycles. The Morgan fingerprint density at radius 1 is 1.10 bits per heavy atom. The van der Waals surface area contributed by atoms with Crippen LogP contribution in [0.5, 0.6) is 0 Å². The smallest absolute Gasteiger partial charge is 0.333 e. The lowest BCUT2D eigenvalue weighted by Gasteiger charge is -2.61. The lowest BCUT2D eigenvalue weighted by atomic mass is 9.44. The van der Waals surface area contributed by atoms with Crippen molar-refractivity contribution in [1.29, 1.82) is 0 Å². The van der Waals surface area contributed by atoms with E-state index in [9.17, 15) is 9.59 Å². The zero-order chi connectivity index (χ0) is 21.4. The third-order valence-corrected chi connectivity index (χ3v) is 9.02. The van der Waals surface area contributed by atoms with Gasteiger partial charge in [-0.1, -0.05) is 40.7 Å². The molecule has 3 rings (SSSR count). The molecule has 0 heterocycles. The molecule has 0 bridgehead atoms. The van der Waals surface area contributed by atoms with Gasteiger partial charge in [-0.05, 0) is 86.9 Å². The Morgan fingerprint density at radius 3 is 2.48 bits per heavy atom. The topological polar surface area (TPSA) is 43.4 Å². The van der Waals surface area contributed by atoms with Gasteiger partial charge in [-0.25, -0.2) is 4.79 Å². The second-order valence-electron chi connectivity index (χ2n) is 11.4. The van der Waals surface area contributed by atoms with Crippen molar-refractivity contribution in [2.24, 2.45) is 40.4 Å². The monoisotopic (exact) mass is 402 g/mol. The van der Waals surface area contributed by atoms with Crippen molar-refractivity contribution in [2.75, 3.05) is 6.61 Å². The van der Waals surface area contributed by atoms with E-state index in [4.69, 9.17) is 4.74 Å². The Morgan fingerprint density at radius 2 is 1.83 bits per heavy atom. The Bertz CT molecular complexity index is 650. The van der Waals surface area contributed by atoms with Crippen molar-refractivity contribution >= 4 is 11.8 Å². The highest BCUT2D eigenvalue weighted by Gasteiger charge is 2.57. The molecule has 3 saturated carbocycles. The number of hydrogen-bond donors (Lipinski definition) is 0. The summed E-state index contributed by atoms with van der Waals surface area (Å²) in [6.07, 6.45) is 10.6. The van der Waals surface area contributed by atoms with E-state index in [1.807, 2.05) is 0 Å². The van der Waals surface area contributed by atoms with E-state index >= 15 is 0 Å². The molecule has 164 valence electrons. The summed E-state index contributed by atoms with van der Waals surface area (Å²) < 4.78 is 5.74. The van der Waals surface area contributed by atoms with Crippen LogP contribution >= 0.6 is 0 Å². The molecule has 3 nitrogen and oxygen atoms in total. The van der Waals surface area contributed by atoms with Crippen LogP contribution in [0.1, 0.15) is 92.4 Å². The second-order valence-corrected chi connectivity index (χ2v) is 11.4. The predicted octanol–water partition coefficient (Wildman–Crippen LogP) is 6.36. The fourth-order valence-electron chi connectivity index (χ4n) is 7.49. The summed E-state index contributed by atoms with van der Waals surface area (Å²) in [7, 11) is 0. The predicted molar refractivity (Wildman–Crippen MR) is 117 cm³/mol. The van der Waals surface area contributed by atoms with Gasteiger partial charge in [0.05, 0.1) is 6.61 Å². The van der Waals surface area contributed by atoms with Crippen molar-refractivity contribution in [3.8, 4) is 0 Å². The number of ether oxygens (including phenoxy) is 1. The highest BCUT2D eigenvalue weighted by atomic mass is 16.5. The Kier molecular flexibility index (Phi) is 6.65. The average Bonchev–Trinajstić information content (AvgIpc) is 2.65. The first-order chi connectivity index (χ1) is 13.6.